The fourth-order valence-corrected chi connectivity index (χ4v) is 3.48. The maximum Gasteiger partial charge on any atom is 0.266 e. The van der Waals surface area contributed by atoms with E-state index in [-0.39, 0.29) is 11.9 Å². The van der Waals surface area contributed by atoms with Crippen LogP contribution in [0.1, 0.15) is 32.8 Å². The van der Waals surface area contributed by atoms with E-state index in [1.165, 1.54) is 11.8 Å². The summed E-state index contributed by atoms with van der Waals surface area (Å²) >= 11 is 6.69. The zero-order valence-corrected chi connectivity index (χ0v) is 14.1. The van der Waals surface area contributed by atoms with Gasteiger partial charge in [-0.3, -0.25) is 9.69 Å². The van der Waals surface area contributed by atoms with Crippen molar-refractivity contribution in [1.29, 1.82) is 0 Å². The summed E-state index contributed by atoms with van der Waals surface area (Å²) in [5, 5.41) is 0. The summed E-state index contributed by atoms with van der Waals surface area (Å²) in [5.41, 5.74) is 0.975. The number of thioether (sulfide) groups is 1. The summed E-state index contributed by atoms with van der Waals surface area (Å²) < 4.78 is 6.06. The van der Waals surface area contributed by atoms with Crippen molar-refractivity contribution >= 4 is 40.3 Å². The fourth-order valence-electron chi connectivity index (χ4n) is 2.02. The minimum absolute atomic E-state index is 0.00762. The summed E-state index contributed by atoms with van der Waals surface area (Å²) in [6, 6.07) is 7.85. The van der Waals surface area contributed by atoms with Gasteiger partial charge in [0.05, 0.1) is 11.5 Å². The van der Waals surface area contributed by atoms with Crippen LogP contribution in [0.4, 0.5) is 0 Å². The lowest BCUT2D eigenvalue weighted by atomic mass is 10.2. The molecule has 0 spiro atoms. The van der Waals surface area contributed by atoms with Gasteiger partial charge in [0.2, 0.25) is 0 Å². The number of thiocarbonyl (C=S) groups is 1. The van der Waals surface area contributed by atoms with Crippen molar-refractivity contribution in [3.63, 3.8) is 0 Å². The molecule has 2 rings (SSSR count). The summed E-state index contributed by atoms with van der Waals surface area (Å²) in [7, 11) is 0. The number of benzene rings is 1. The molecule has 1 fully saturated rings. The van der Waals surface area contributed by atoms with Crippen molar-refractivity contribution in [2.75, 3.05) is 6.61 Å². The molecule has 0 N–H and O–H groups in total. The Hall–Kier alpha value is -1.33. The normalized spacial score (nSPS) is 18.4. The monoisotopic (exact) mass is 321 g/mol. The lowest BCUT2D eigenvalue weighted by molar-refractivity contribution is -0.123. The van der Waals surface area contributed by atoms with E-state index in [0.29, 0.717) is 15.8 Å². The van der Waals surface area contributed by atoms with Gasteiger partial charge < -0.3 is 4.74 Å². The van der Waals surface area contributed by atoms with Crippen molar-refractivity contribution < 1.29 is 9.53 Å². The lowest BCUT2D eigenvalue weighted by Crippen LogP contribution is -2.36. The Kier molecular flexibility index (Phi) is 5.42. The van der Waals surface area contributed by atoms with Crippen LogP contribution in [-0.2, 0) is 4.79 Å². The second-order valence-corrected chi connectivity index (χ2v) is 6.49. The molecule has 1 aromatic carbocycles. The Labute approximate surface area is 135 Å². The fraction of sp³-hybridized carbons (Fsp3) is 0.375. The average molecular weight is 321 g/mol. The molecule has 0 bridgehead atoms. The van der Waals surface area contributed by atoms with Gasteiger partial charge in [-0.2, -0.15) is 0 Å². The van der Waals surface area contributed by atoms with E-state index in [1.54, 1.807) is 4.90 Å². The number of carbonyl (C=O) groups is 1. The predicted octanol–water partition coefficient (Wildman–Crippen LogP) is 4.09. The summed E-state index contributed by atoms with van der Waals surface area (Å²) in [5.74, 6) is 0.843. The molecule has 0 saturated carbocycles. The molecule has 1 aromatic rings. The molecule has 1 unspecified atom stereocenters. The number of amides is 1. The molecule has 21 heavy (non-hydrogen) atoms. The maximum absolute atomic E-state index is 12.4. The van der Waals surface area contributed by atoms with Crippen molar-refractivity contribution in [3.8, 4) is 5.75 Å². The molecule has 1 heterocycles. The first kappa shape index (κ1) is 16.0. The van der Waals surface area contributed by atoms with E-state index >= 15 is 0 Å². The second-order valence-electron chi connectivity index (χ2n) is 4.81. The molecule has 0 aromatic heterocycles. The Balaban J connectivity index is 2.18. The van der Waals surface area contributed by atoms with Crippen LogP contribution in [-0.4, -0.2) is 27.8 Å². The quantitative estimate of drug-likeness (QED) is 0.603. The van der Waals surface area contributed by atoms with Gasteiger partial charge in [0.15, 0.2) is 0 Å². The predicted molar refractivity (Wildman–Crippen MR) is 92.4 cm³/mol. The molecule has 1 aliphatic heterocycles. The molecule has 1 aliphatic rings. The summed E-state index contributed by atoms with van der Waals surface area (Å²) in [4.78, 5) is 14.8. The van der Waals surface area contributed by atoms with Crippen LogP contribution in [0, 0.1) is 0 Å². The van der Waals surface area contributed by atoms with Gasteiger partial charge in [-0.25, -0.2) is 0 Å². The van der Waals surface area contributed by atoms with Crippen LogP contribution in [0.15, 0.2) is 29.2 Å². The molecule has 5 heteroatoms. The number of nitrogens with zero attached hydrogens (tertiary/aromatic N) is 1. The standard InChI is InChI=1S/C16H19NO2S2/c1-4-11(3)17-15(18)14(21-16(17)20)10-12-6-8-13(9-7-12)19-5-2/h6-11H,4-5H2,1-3H3/b14-10+. The Bertz CT molecular complexity index is 566. The molecular formula is C16H19NO2S2. The van der Waals surface area contributed by atoms with E-state index < -0.39 is 0 Å². The van der Waals surface area contributed by atoms with Gasteiger partial charge in [-0.05, 0) is 44.0 Å². The Morgan fingerprint density at radius 1 is 1.33 bits per heavy atom. The summed E-state index contributed by atoms with van der Waals surface area (Å²) in [6.07, 6.45) is 2.78. The molecule has 1 saturated heterocycles. The third-order valence-electron chi connectivity index (χ3n) is 3.34. The van der Waals surface area contributed by atoms with Gasteiger partial charge in [0.25, 0.3) is 5.91 Å². The highest BCUT2D eigenvalue weighted by Gasteiger charge is 2.34. The third-order valence-corrected chi connectivity index (χ3v) is 4.67. The van der Waals surface area contributed by atoms with Crippen molar-refractivity contribution in [3.05, 3.63) is 34.7 Å². The lowest BCUT2D eigenvalue weighted by Gasteiger charge is -2.21. The molecule has 112 valence electrons. The van der Waals surface area contributed by atoms with Gasteiger partial charge in [-0.1, -0.05) is 43.0 Å². The molecule has 0 aliphatic carbocycles. The van der Waals surface area contributed by atoms with Crippen LogP contribution in [0.5, 0.6) is 5.75 Å². The number of hydrogen-bond donors (Lipinski definition) is 0. The van der Waals surface area contributed by atoms with E-state index in [9.17, 15) is 4.79 Å². The van der Waals surface area contributed by atoms with Crippen molar-refractivity contribution in [2.24, 2.45) is 0 Å². The highest BCUT2D eigenvalue weighted by atomic mass is 32.2. The third kappa shape index (κ3) is 3.66. The number of hydrogen-bond acceptors (Lipinski definition) is 4. The highest BCUT2D eigenvalue weighted by molar-refractivity contribution is 8.26. The first-order valence-electron chi connectivity index (χ1n) is 7.06. The molecule has 0 radical (unpaired) electrons. The van der Waals surface area contributed by atoms with Crippen LogP contribution >= 0.6 is 24.0 Å². The largest absolute Gasteiger partial charge is 0.494 e. The summed E-state index contributed by atoms with van der Waals surface area (Å²) in [6.45, 7) is 6.67. The van der Waals surface area contributed by atoms with E-state index in [4.69, 9.17) is 17.0 Å². The zero-order valence-electron chi connectivity index (χ0n) is 12.5. The van der Waals surface area contributed by atoms with Crippen LogP contribution in [0.25, 0.3) is 6.08 Å². The molecule has 1 amide bonds. The molecule has 3 nitrogen and oxygen atoms in total. The number of rotatable bonds is 5. The molecular weight excluding hydrogens is 302 g/mol. The minimum Gasteiger partial charge on any atom is -0.494 e. The number of carbonyl (C=O) groups excluding carboxylic acids is 1. The van der Waals surface area contributed by atoms with Gasteiger partial charge in [0, 0.05) is 6.04 Å². The van der Waals surface area contributed by atoms with Crippen LogP contribution < -0.4 is 4.74 Å². The topological polar surface area (TPSA) is 29.5 Å². The number of ether oxygens (including phenoxy) is 1. The second kappa shape index (κ2) is 7.09. The first-order valence-corrected chi connectivity index (χ1v) is 8.29. The minimum atomic E-state index is 0.00762. The smallest absolute Gasteiger partial charge is 0.266 e. The Morgan fingerprint density at radius 3 is 2.57 bits per heavy atom. The van der Waals surface area contributed by atoms with Crippen molar-refractivity contribution in [2.45, 2.75) is 33.2 Å². The van der Waals surface area contributed by atoms with E-state index in [0.717, 1.165) is 17.7 Å². The van der Waals surface area contributed by atoms with Gasteiger partial charge >= 0.3 is 0 Å². The molecule has 1 atom stereocenters. The zero-order chi connectivity index (χ0) is 15.4. The van der Waals surface area contributed by atoms with E-state index in [1.807, 2.05) is 44.2 Å². The van der Waals surface area contributed by atoms with Crippen LogP contribution in [0.2, 0.25) is 0 Å². The SMILES string of the molecule is CCOc1ccc(/C=C2/SC(=S)N(C(C)CC)C2=O)cc1. The highest BCUT2D eigenvalue weighted by Crippen LogP contribution is 2.34. The van der Waals surface area contributed by atoms with E-state index in [2.05, 4.69) is 6.92 Å². The van der Waals surface area contributed by atoms with Gasteiger partial charge in [-0.15, -0.1) is 0 Å². The van der Waals surface area contributed by atoms with Gasteiger partial charge in [0.1, 0.15) is 10.1 Å². The van der Waals surface area contributed by atoms with Crippen molar-refractivity contribution in [1.82, 2.24) is 4.90 Å². The average Bonchev–Trinajstić information content (AvgIpc) is 2.75. The maximum atomic E-state index is 12.4. The first-order chi connectivity index (χ1) is 10.1. The Morgan fingerprint density at radius 2 is 2.00 bits per heavy atom. The van der Waals surface area contributed by atoms with Crippen LogP contribution in [0.3, 0.4) is 0 Å².